The summed E-state index contributed by atoms with van der Waals surface area (Å²) in [7, 11) is 0. The normalized spacial score (nSPS) is 14.6. The average Bonchev–Trinajstić information content (AvgIpc) is 2.71. The lowest BCUT2D eigenvalue weighted by molar-refractivity contribution is -0.120. The van der Waals surface area contributed by atoms with E-state index in [9.17, 15) is 9.59 Å². The molecule has 2 aromatic carbocycles. The second kappa shape index (κ2) is 9.33. The summed E-state index contributed by atoms with van der Waals surface area (Å²) >= 11 is 0. The number of hydrogen-bond acceptors (Lipinski definition) is 3. The summed E-state index contributed by atoms with van der Waals surface area (Å²) in [4.78, 5) is 26.8. The summed E-state index contributed by atoms with van der Waals surface area (Å²) in [5.41, 5.74) is 2.63. The highest BCUT2D eigenvalue weighted by Gasteiger charge is 2.21. The van der Waals surface area contributed by atoms with Crippen LogP contribution in [0.5, 0.6) is 0 Å². The van der Waals surface area contributed by atoms with E-state index < -0.39 is 0 Å². The van der Waals surface area contributed by atoms with Crippen molar-refractivity contribution in [3.63, 3.8) is 0 Å². The number of likely N-dealkylation sites (N-methyl/N-ethyl adjacent to an activating group) is 1. The van der Waals surface area contributed by atoms with E-state index in [4.69, 9.17) is 0 Å². The minimum atomic E-state index is 0.0650. The lowest BCUT2D eigenvalue weighted by Gasteiger charge is -2.22. The van der Waals surface area contributed by atoms with Crippen LogP contribution in [0.4, 0.5) is 11.4 Å². The average molecular weight is 365 g/mol. The Hall–Kier alpha value is -2.66. The van der Waals surface area contributed by atoms with Crippen LogP contribution in [0.3, 0.4) is 0 Å². The maximum Gasteiger partial charge on any atom is 0.231 e. The number of nitrogens with zero attached hydrogens (tertiary/aromatic N) is 1. The SMILES string of the molecule is CCN(C(=O)Cc1ccc(NC(=O)C2CCNCC2)cc1)c1ccccc1. The third-order valence-corrected chi connectivity index (χ3v) is 4.97. The molecule has 5 nitrogen and oxygen atoms in total. The molecule has 2 amide bonds. The minimum Gasteiger partial charge on any atom is -0.326 e. The fourth-order valence-electron chi connectivity index (χ4n) is 3.42. The predicted octanol–water partition coefficient (Wildman–Crippen LogP) is 3.22. The van der Waals surface area contributed by atoms with Crippen LogP contribution in [-0.2, 0) is 16.0 Å². The summed E-state index contributed by atoms with van der Waals surface area (Å²) in [5.74, 6) is 0.230. The van der Waals surface area contributed by atoms with Crippen molar-refractivity contribution in [1.29, 1.82) is 0 Å². The third kappa shape index (κ3) is 5.17. The molecular formula is C22H27N3O2. The van der Waals surface area contributed by atoms with Gasteiger partial charge in [0.1, 0.15) is 0 Å². The summed E-state index contributed by atoms with van der Waals surface area (Å²) < 4.78 is 0. The number of hydrogen-bond donors (Lipinski definition) is 2. The van der Waals surface area contributed by atoms with E-state index in [1.165, 1.54) is 0 Å². The van der Waals surface area contributed by atoms with Crippen molar-refractivity contribution in [1.82, 2.24) is 5.32 Å². The van der Waals surface area contributed by atoms with Crippen molar-refractivity contribution in [2.45, 2.75) is 26.2 Å². The summed E-state index contributed by atoms with van der Waals surface area (Å²) in [5, 5.41) is 6.26. The van der Waals surface area contributed by atoms with Gasteiger partial charge < -0.3 is 15.5 Å². The standard InChI is InChI=1S/C22H27N3O2/c1-2-25(20-6-4-3-5-7-20)21(26)16-17-8-10-19(11-9-17)24-22(27)18-12-14-23-15-13-18/h3-11,18,23H,2,12-16H2,1H3,(H,24,27). The molecule has 1 aliphatic rings. The van der Waals surface area contributed by atoms with Crippen LogP contribution in [0.25, 0.3) is 0 Å². The molecule has 0 bridgehead atoms. The van der Waals surface area contributed by atoms with Gasteiger partial charge in [-0.05, 0) is 62.7 Å². The van der Waals surface area contributed by atoms with E-state index in [2.05, 4.69) is 10.6 Å². The van der Waals surface area contributed by atoms with Crippen LogP contribution in [0.2, 0.25) is 0 Å². The van der Waals surface area contributed by atoms with Crippen molar-refractivity contribution in [2.75, 3.05) is 29.9 Å². The zero-order valence-electron chi connectivity index (χ0n) is 15.8. The molecular weight excluding hydrogens is 338 g/mol. The Morgan fingerprint density at radius 3 is 2.33 bits per heavy atom. The van der Waals surface area contributed by atoms with Crippen molar-refractivity contribution >= 4 is 23.2 Å². The number of amides is 2. The highest BCUT2D eigenvalue weighted by Crippen LogP contribution is 2.18. The second-order valence-corrected chi connectivity index (χ2v) is 6.86. The molecule has 0 saturated carbocycles. The number of carbonyl (C=O) groups excluding carboxylic acids is 2. The Morgan fingerprint density at radius 2 is 1.70 bits per heavy atom. The lowest BCUT2D eigenvalue weighted by atomic mass is 9.97. The van der Waals surface area contributed by atoms with Gasteiger partial charge in [-0.3, -0.25) is 9.59 Å². The van der Waals surface area contributed by atoms with Crippen LogP contribution >= 0.6 is 0 Å². The smallest absolute Gasteiger partial charge is 0.231 e. The fraction of sp³-hybridized carbons (Fsp3) is 0.364. The van der Waals surface area contributed by atoms with Crippen LogP contribution < -0.4 is 15.5 Å². The van der Waals surface area contributed by atoms with E-state index in [0.29, 0.717) is 13.0 Å². The van der Waals surface area contributed by atoms with E-state index >= 15 is 0 Å². The highest BCUT2D eigenvalue weighted by atomic mass is 16.2. The molecule has 0 spiro atoms. The minimum absolute atomic E-state index is 0.0650. The molecule has 2 aromatic rings. The number of para-hydroxylation sites is 1. The number of benzene rings is 2. The molecule has 27 heavy (non-hydrogen) atoms. The molecule has 2 N–H and O–H groups in total. The first-order valence-corrected chi connectivity index (χ1v) is 9.63. The van der Waals surface area contributed by atoms with Gasteiger partial charge in [-0.1, -0.05) is 30.3 Å². The molecule has 0 unspecified atom stereocenters. The molecule has 142 valence electrons. The monoisotopic (exact) mass is 365 g/mol. The Balaban J connectivity index is 1.58. The highest BCUT2D eigenvalue weighted by molar-refractivity contribution is 5.95. The van der Waals surface area contributed by atoms with Crippen LogP contribution in [0.1, 0.15) is 25.3 Å². The van der Waals surface area contributed by atoms with E-state index in [1.807, 2.05) is 61.5 Å². The first-order chi connectivity index (χ1) is 13.2. The van der Waals surface area contributed by atoms with Crippen LogP contribution in [0.15, 0.2) is 54.6 Å². The number of piperidine rings is 1. The maximum atomic E-state index is 12.7. The Kier molecular flexibility index (Phi) is 6.60. The molecule has 0 radical (unpaired) electrons. The Labute approximate surface area is 160 Å². The zero-order chi connectivity index (χ0) is 19.1. The van der Waals surface area contributed by atoms with Gasteiger partial charge in [-0.15, -0.1) is 0 Å². The second-order valence-electron chi connectivity index (χ2n) is 6.86. The molecule has 3 rings (SSSR count). The number of carbonyl (C=O) groups is 2. The van der Waals surface area contributed by atoms with Crippen molar-refractivity contribution < 1.29 is 9.59 Å². The van der Waals surface area contributed by atoms with Gasteiger partial charge in [0.25, 0.3) is 0 Å². The lowest BCUT2D eigenvalue weighted by Crippen LogP contribution is -2.34. The quantitative estimate of drug-likeness (QED) is 0.826. The largest absolute Gasteiger partial charge is 0.326 e. The molecule has 5 heteroatoms. The van der Waals surface area contributed by atoms with E-state index in [-0.39, 0.29) is 17.7 Å². The van der Waals surface area contributed by atoms with Crippen LogP contribution in [-0.4, -0.2) is 31.4 Å². The third-order valence-electron chi connectivity index (χ3n) is 4.97. The van der Waals surface area contributed by atoms with Gasteiger partial charge in [-0.25, -0.2) is 0 Å². The van der Waals surface area contributed by atoms with Gasteiger partial charge in [0.15, 0.2) is 0 Å². The van der Waals surface area contributed by atoms with Gasteiger partial charge in [0.05, 0.1) is 6.42 Å². The first-order valence-electron chi connectivity index (χ1n) is 9.63. The maximum absolute atomic E-state index is 12.7. The van der Waals surface area contributed by atoms with E-state index in [0.717, 1.165) is 42.9 Å². The first kappa shape index (κ1) is 19.1. The van der Waals surface area contributed by atoms with Crippen molar-refractivity contribution in [2.24, 2.45) is 5.92 Å². The number of nitrogens with one attached hydrogen (secondary N) is 2. The number of rotatable bonds is 6. The molecule has 1 aliphatic heterocycles. The van der Waals surface area contributed by atoms with Crippen LogP contribution in [0, 0.1) is 5.92 Å². The number of anilines is 2. The molecule has 1 heterocycles. The summed E-state index contributed by atoms with van der Waals surface area (Å²) in [6.45, 7) is 4.40. The van der Waals surface area contributed by atoms with E-state index in [1.54, 1.807) is 4.90 Å². The summed E-state index contributed by atoms with van der Waals surface area (Å²) in [6, 6.07) is 17.3. The summed E-state index contributed by atoms with van der Waals surface area (Å²) in [6.07, 6.45) is 2.10. The van der Waals surface area contributed by atoms with Gasteiger partial charge in [0, 0.05) is 23.8 Å². The van der Waals surface area contributed by atoms with Gasteiger partial charge in [-0.2, -0.15) is 0 Å². The predicted molar refractivity (Wildman–Crippen MR) is 109 cm³/mol. The molecule has 0 aliphatic carbocycles. The molecule has 1 fully saturated rings. The molecule has 1 saturated heterocycles. The van der Waals surface area contributed by atoms with Crippen molar-refractivity contribution in [3.8, 4) is 0 Å². The zero-order valence-corrected chi connectivity index (χ0v) is 15.8. The molecule has 0 atom stereocenters. The topological polar surface area (TPSA) is 61.4 Å². The Morgan fingerprint density at radius 1 is 1.04 bits per heavy atom. The fourth-order valence-corrected chi connectivity index (χ4v) is 3.42. The van der Waals surface area contributed by atoms with Gasteiger partial charge in [0.2, 0.25) is 11.8 Å². The molecule has 0 aromatic heterocycles. The Bertz CT molecular complexity index is 753. The van der Waals surface area contributed by atoms with Gasteiger partial charge >= 0.3 is 0 Å². The van der Waals surface area contributed by atoms with Crippen molar-refractivity contribution in [3.05, 3.63) is 60.2 Å².